The van der Waals surface area contributed by atoms with Crippen molar-refractivity contribution in [3.63, 3.8) is 0 Å². The number of likely N-dealkylation sites (N-methyl/N-ethyl adjacent to an activating group) is 1. The summed E-state index contributed by atoms with van der Waals surface area (Å²) < 4.78 is 5.13. The highest BCUT2D eigenvalue weighted by atomic mass is 16.5. The number of nitrogens with one attached hydrogen (secondary N) is 2. The summed E-state index contributed by atoms with van der Waals surface area (Å²) in [7, 11) is 5.15. The van der Waals surface area contributed by atoms with Gasteiger partial charge in [0.05, 0.1) is 13.7 Å². The van der Waals surface area contributed by atoms with Crippen molar-refractivity contribution < 1.29 is 14.3 Å². The first kappa shape index (κ1) is 20.5. The van der Waals surface area contributed by atoms with Gasteiger partial charge in [-0.2, -0.15) is 0 Å². The number of carbonyl (C=O) groups is 2. The summed E-state index contributed by atoms with van der Waals surface area (Å²) in [6, 6.07) is 15.2. The molecule has 0 saturated carbocycles. The topological polar surface area (TPSA) is 70.7 Å². The average molecular weight is 369 g/mol. The molecule has 0 spiro atoms. The number of nitrogens with zero attached hydrogens (tertiary/aromatic N) is 1. The Kier molecular flexibility index (Phi) is 7.82. The monoisotopic (exact) mass is 369 g/mol. The number of hydrogen-bond acceptors (Lipinski definition) is 4. The van der Waals surface area contributed by atoms with Gasteiger partial charge < -0.3 is 15.4 Å². The van der Waals surface area contributed by atoms with E-state index in [1.165, 1.54) is 0 Å². The second-order valence-corrected chi connectivity index (χ2v) is 6.40. The van der Waals surface area contributed by atoms with Crippen LogP contribution in [0.1, 0.15) is 21.5 Å². The fourth-order valence-corrected chi connectivity index (χ4v) is 2.71. The van der Waals surface area contributed by atoms with Crippen LogP contribution in [0.2, 0.25) is 0 Å². The van der Waals surface area contributed by atoms with Crippen molar-refractivity contribution in [2.75, 3.05) is 34.3 Å². The zero-order chi connectivity index (χ0) is 19.6. The van der Waals surface area contributed by atoms with Gasteiger partial charge in [0.25, 0.3) is 5.91 Å². The molecule has 2 N–H and O–H groups in total. The third-order valence-electron chi connectivity index (χ3n) is 4.20. The molecule has 6 nitrogen and oxygen atoms in total. The fraction of sp³-hybridized carbons (Fsp3) is 0.333. The Morgan fingerprint density at radius 3 is 2.22 bits per heavy atom. The van der Waals surface area contributed by atoms with Crippen molar-refractivity contribution in [3.05, 3.63) is 65.2 Å². The van der Waals surface area contributed by atoms with Crippen LogP contribution in [0, 0.1) is 0 Å². The zero-order valence-electron chi connectivity index (χ0n) is 16.1. The highest BCUT2D eigenvalue weighted by Gasteiger charge is 2.08. The summed E-state index contributed by atoms with van der Waals surface area (Å²) in [6.45, 7) is 1.56. The van der Waals surface area contributed by atoms with Gasteiger partial charge in [-0.3, -0.25) is 14.5 Å². The van der Waals surface area contributed by atoms with Gasteiger partial charge in [0.15, 0.2) is 0 Å². The molecule has 0 aliphatic heterocycles. The standard InChI is InChI=1S/C21H27N3O3/c1-22-21(26)18-8-4-17(5-9-18)14-24(2)15-20(25)23-13-12-16-6-10-19(27-3)11-7-16/h4-11H,12-15H2,1-3H3,(H,22,26)(H,23,25). The summed E-state index contributed by atoms with van der Waals surface area (Å²) in [4.78, 5) is 25.6. The molecule has 2 amide bonds. The van der Waals surface area contributed by atoms with E-state index in [1.807, 2.05) is 48.3 Å². The third-order valence-corrected chi connectivity index (χ3v) is 4.20. The van der Waals surface area contributed by atoms with Crippen LogP contribution in [0.25, 0.3) is 0 Å². The van der Waals surface area contributed by atoms with Crippen molar-refractivity contribution in [1.82, 2.24) is 15.5 Å². The average Bonchev–Trinajstić information content (AvgIpc) is 2.68. The molecule has 27 heavy (non-hydrogen) atoms. The lowest BCUT2D eigenvalue weighted by molar-refractivity contribution is -0.122. The molecule has 6 heteroatoms. The maximum atomic E-state index is 12.1. The summed E-state index contributed by atoms with van der Waals surface area (Å²) in [5.41, 5.74) is 2.83. The Labute approximate surface area is 160 Å². The fourth-order valence-electron chi connectivity index (χ4n) is 2.71. The molecule has 0 radical (unpaired) electrons. The highest BCUT2D eigenvalue weighted by molar-refractivity contribution is 5.93. The Morgan fingerprint density at radius 1 is 1.00 bits per heavy atom. The Bertz CT molecular complexity index is 742. The lowest BCUT2D eigenvalue weighted by Gasteiger charge is -2.16. The van der Waals surface area contributed by atoms with Crippen LogP contribution >= 0.6 is 0 Å². The van der Waals surface area contributed by atoms with E-state index in [9.17, 15) is 9.59 Å². The molecular weight excluding hydrogens is 342 g/mol. The smallest absolute Gasteiger partial charge is 0.251 e. The Morgan fingerprint density at radius 2 is 1.63 bits per heavy atom. The van der Waals surface area contributed by atoms with Gasteiger partial charge in [-0.15, -0.1) is 0 Å². The normalized spacial score (nSPS) is 10.5. The first-order chi connectivity index (χ1) is 13.0. The molecule has 0 saturated heterocycles. The number of ether oxygens (including phenoxy) is 1. The van der Waals surface area contributed by atoms with Crippen molar-refractivity contribution in [2.45, 2.75) is 13.0 Å². The summed E-state index contributed by atoms with van der Waals surface area (Å²) >= 11 is 0. The molecule has 0 atom stereocenters. The van der Waals surface area contributed by atoms with Gasteiger partial charge in [0.1, 0.15) is 5.75 Å². The first-order valence-electron chi connectivity index (χ1n) is 8.91. The van der Waals surface area contributed by atoms with E-state index in [0.717, 1.165) is 23.3 Å². The largest absolute Gasteiger partial charge is 0.497 e. The van der Waals surface area contributed by atoms with Gasteiger partial charge in [-0.25, -0.2) is 0 Å². The van der Waals surface area contributed by atoms with Crippen LogP contribution in [0.15, 0.2) is 48.5 Å². The molecule has 2 rings (SSSR count). The van der Waals surface area contributed by atoms with E-state index in [-0.39, 0.29) is 11.8 Å². The minimum absolute atomic E-state index is 0.00649. The molecule has 0 aliphatic carbocycles. The SMILES string of the molecule is CNC(=O)c1ccc(CN(C)CC(=O)NCCc2ccc(OC)cc2)cc1. The number of hydrogen-bond donors (Lipinski definition) is 2. The van der Waals surface area contributed by atoms with E-state index < -0.39 is 0 Å². The Balaban J connectivity index is 1.72. The van der Waals surface area contributed by atoms with Crippen LogP contribution in [0.5, 0.6) is 5.75 Å². The van der Waals surface area contributed by atoms with E-state index in [0.29, 0.717) is 25.2 Å². The molecule has 0 fully saturated rings. The molecule has 2 aromatic rings. The lowest BCUT2D eigenvalue weighted by Crippen LogP contribution is -2.35. The second kappa shape index (κ2) is 10.3. The lowest BCUT2D eigenvalue weighted by atomic mass is 10.1. The van der Waals surface area contributed by atoms with Crippen molar-refractivity contribution in [1.29, 1.82) is 0 Å². The number of carbonyl (C=O) groups excluding carboxylic acids is 2. The number of amides is 2. The minimum atomic E-state index is -0.105. The molecule has 0 aromatic heterocycles. The van der Waals surface area contributed by atoms with Gasteiger partial charge in [0, 0.05) is 25.7 Å². The van der Waals surface area contributed by atoms with E-state index in [4.69, 9.17) is 4.74 Å². The van der Waals surface area contributed by atoms with Crippen molar-refractivity contribution in [2.24, 2.45) is 0 Å². The molecular formula is C21H27N3O3. The molecule has 0 heterocycles. The third kappa shape index (κ3) is 6.75. The van der Waals surface area contributed by atoms with E-state index in [1.54, 1.807) is 26.3 Å². The van der Waals surface area contributed by atoms with Crippen molar-refractivity contribution >= 4 is 11.8 Å². The maximum Gasteiger partial charge on any atom is 0.251 e. The minimum Gasteiger partial charge on any atom is -0.497 e. The first-order valence-corrected chi connectivity index (χ1v) is 8.91. The predicted octanol–water partition coefficient (Wildman–Crippen LogP) is 1.85. The Hall–Kier alpha value is -2.86. The van der Waals surface area contributed by atoms with Crippen LogP contribution in [-0.2, 0) is 17.8 Å². The summed E-state index contributed by atoms with van der Waals surface area (Å²) in [5.74, 6) is 0.715. The molecule has 0 aliphatic rings. The van der Waals surface area contributed by atoms with Gasteiger partial charge in [-0.1, -0.05) is 24.3 Å². The van der Waals surface area contributed by atoms with Gasteiger partial charge in [-0.05, 0) is 48.9 Å². The summed E-state index contributed by atoms with van der Waals surface area (Å²) in [5, 5.41) is 5.54. The van der Waals surface area contributed by atoms with Crippen LogP contribution in [-0.4, -0.2) is 51.0 Å². The summed E-state index contributed by atoms with van der Waals surface area (Å²) in [6.07, 6.45) is 0.778. The molecule has 2 aromatic carbocycles. The second-order valence-electron chi connectivity index (χ2n) is 6.40. The zero-order valence-corrected chi connectivity index (χ0v) is 16.1. The number of rotatable bonds is 9. The van der Waals surface area contributed by atoms with Crippen LogP contribution < -0.4 is 15.4 Å². The molecule has 144 valence electrons. The van der Waals surface area contributed by atoms with Gasteiger partial charge in [0.2, 0.25) is 5.91 Å². The number of benzene rings is 2. The molecule has 0 unspecified atom stereocenters. The number of methoxy groups -OCH3 is 1. The van der Waals surface area contributed by atoms with E-state index in [2.05, 4.69) is 10.6 Å². The highest BCUT2D eigenvalue weighted by Crippen LogP contribution is 2.11. The quantitative estimate of drug-likeness (QED) is 0.708. The van der Waals surface area contributed by atoms with Crippen LogP contribution in [0.4, 0.5) is 0 Å². The van der Waals surface area contributed by atoms with Gasteiger partial charge >= 0.3 is 0 Å². The van der Waals surface area contributed by atoms with Crippen molar-refractivity contribution in [3.8, 4) is 5.75 Å². The van der Waals surface area contributed by atoms with Crippen LogP contribution in [0.3, 0.4) is 0 Å². The molecule has 0 bridgehead atoms. The van der Waals surface area contributed by atoms with E-state index >= 15 is 0 Å². The maximum absolute atomic E-state index is 12.1. The predicted molar refractivity (Wildman–Crippen MR) is 106 cm³/mol.